The van der Waals surface area contributed by atoms with E-state index in [4.69, 9.17) is 4.74 Å². The van der Waals surface area contributed by atoms with Crippen molar-refractivity contribution in [2.24, 2.45) is 0 Å². The molecule has 2 aromatic rings. The lowest BCUT2D eigenvalue weighted by atomic mass is 10.0. The normalized spacial score (nSPS) is 16.9. The Morgan fingerprint density at radius 2 is 2.00 bits per heavy atom. The topological polar surface area (TPSA) is 79.7 Å². The van der Waals surface area contributed by atoms with Gasteiger partial charge in [0.25, 0.3) is 0 Å². The van der Waals surface area contributed by atoms with Gasteiger partial charge in [0.15, 0.2) is 5.78 Å². The van der Waals surface area contributed by atoms with E-state index >= 15 is 0 Å². The number of carbonyl (C=O) groups is 2. The highest BCUT2D eigenvalue weighted by molar-refractivity contribution is 5.92. The van der Waals surface area contributed by atoms with Crippen LogP contribution in [0.4, 0.5) is 4.79 Å². The van der Waals surface area contributed by atoms with Crippen molar-refractivity contribution >= 4 is 11.9 Å². The van der Waals surface area contributed by atoms with Crippen LogP contribution in [0, 0.1) is 0 Å². The van der Waals surface area contributed by atoms with E-state index in [1.807, 2.05) is 30.3 Å². The SMILES string of the molecule is O=C1C=CN(C(=O)OCc2ccccc2)C(c2cccc(O)n2)C1. The van der Waals surface area contributed by atoms with Crippen LogP contribution in [0.25, 0.3) is 0 Å². The molecule has 1 unspecified atom stereocenters. The Labute approximate surface area is 139 Å². The number of ketones is 1. The molecule has 0 saturated carbocycles. The maximum atomic E-state index is 12.4. The van der Waals surface area contributed by atoms with Gasteiger partial charge in [0.1, 0.15) is 6.61 Å². The lowest BCUT2D eigenvalue weighted by Gasteiger charge is -2.29. The zero-order chi connectivity index (χ0) is 16.9. The van der Waals surface area contributed by atoms with Gasteiger partial charge in [-0.05, 0) is 17.7 Å². The molecule has 1 aliphatic heterocycles. The van der Waals surface area contributed by atoms with Crippen molar-refractivity contribution in [2.45, 2.75) is 19.1 Å². The zero-order valence-electron chi connectivity index (χ0n) is 12.8. The average Bonchev–Trinajstić information content (AvgIpc) is 2.60. The largest absolute Gasteiger partial charge is 0.493 e. The molecule has 0 spiro atoms. The molecule has 3 rings (SSSR count). The van der Waals surface area contributed by atoms with Crippen molar-refractivity contribution in [3.63, 3.8) is 0 Å². The summed E-state index contributed by atoms with van der Waals surface area (Å²) in [6, 6.07) is 13.4. The van der Waals surface area contributed by atoms with Gasteiger partial charge >= 0.3 is 6.09 Å². The Morgan fingerprint density at radius 3 is 2.75 bits per heavy atom. The monoisotopic (exact) mass is 324 g/mol. The van der Waals surface area contributed by atoms with Crippen molar-refractivity contribution < 1.29 is 19.4 Å². The fourth-order valence-electron chi connectivity index (χ4n) is 2.48. The van der Waals surface area contributed by atoms with Crippen molar-refractivity contribution in [1.29, 1.82) is 0 Å². The van der Waals surface area contributed by atoms with Crippen molar-refractivity contribution in [3.8, 4) is 5.88 Å². The number of nitrogens with zero attached hydrogens (tertiary/aromatic N) is 2. The smallest absolute Gasteiger partial charge is 0.414 e. The number of aromatic nitrogens is 1. The van der Waals surface area contributed by atoms with Gasteiger partial charge in [0, 0.05) is 18.7 Å². The predicted octanol–water partition coefficient (Wildman–Crippen LogP) is 2.95. The number of hydrogen-bond donors (Lipinski definition) is 1. The Balaban J connectivity index is 1.77. The Morgan fingerprint density at radius 1 is 1.21 bits per heavy atom. The molecule has 0 fully saturated rings. The van der Waals surface area contributed by atoms with Crippen LogP contribution in [0.5, 0.6) is 5.88 Å². The molecular formula is C18H16N2O4. The molecule has 122 valence electrons. The summed E-state index contributed by atoms with van der Waals surface area (Å²) in [5, 5.41) is 9.54. The number of benzene rings is 1. The molecule has 2 heterocycles. The first-order valence-corrected chi connectivity index (χ1v) is 7.49. The second kappa shape index (κ2) is 6.95. The molecule has 1 N–H and O–H groups in total. The van der Waals surface area contributed by atoms with E-state index in [1.54, 1.807) is 12.1 Å². The Hall–Kier alpha value is -3.15. The van der Waals surface area contributed by atoms with Gasteiger partial charge in [-0.3, -0.25) is 9.69 Å². The highest BCUT2D eigenvalue weighted by Gasteiger charge is 2.30. The van der Waals surface area contributed by atoms with Crippen molar-refractivity contribution in [1.82, 2.24) is 9.88 Å². The average molecular weight is 324 g/mol. The summed E-state index contributed by atoms with van der Waals surface area (Å²) in [4.78, 5) is 29.4. The van der Waals surface area contributed by atoms with Gasteiger partial charge in [-0.15, -0.1) is 0 Å². The summed E-state index contributed by atoms with van der Waals surface area (Å²) >= 11 is 0. The van der Waals surface area contributed by atoms with E-state index in [1.165, 1.54) is 23.2 Å². The Bertz CT molecular complexity index is 774. The van der Waals surface area contributed by atoms with Crippen LogP contribution < -0.4 is 0 Å². The summed E-state index contributed by atoms with van der Waals surface area (Å²) in [5.41, 5.74) is 1.30. The standard InChI is InChI=1S/C18H16N2O4/c21-14-9-10-20(16(11-14)15-7-4-8-17(22)19-15)18(23)24-12-13-5-2-1-3-6-13/h1-10,16H,11-12H2,(H,19,22). The molecule has 6 heteroatoms. The second-order valence-electron chi connectivity index (χ2n) is 5.37. The lowest BCUT2D eigenvalue weighted by Crippen LogP contribution is -2.35. The summed E-state index contributed by atoms with van der Waals surface area (Å²) in [5.74, 6) is -0.274. The minimum Gasteiger partial charge on any atom is -0.493 e. The van der Waals surface area contributed by atoms with Crippen LogP contribution in [0.15, 0.2) is 60.8 Å². The molecule has 1 amide bonds. The van der Waals surface area contributed by atoms with E-state index in [-0.39, 0.29) is 24.7 Å². The molecule has 24 heavy (non-hydrogen) atoms. The third-order valence-corrected chi connectivity index (χ3v) is 3.66. The number of carbonyl (C=O) groups excluding carboxylic acids is 2. The first kappa shape index (κ1) is 15.7. The highest BCUT2D eigenvalue weighted by Crippen LogP contribution is 2.29. The van der Waals surface area contributed by atoms with Crippen LogP contribution in [-0.4, -0.2) is 26.9 Å². The third-order valence-electron chi connectivity index (χ3n) is 3.66. The first-order chi connectivity index (χ1) is 11.6. The molecular weight excluding hydrogens is 308 g/mol. The predicted molar refractivity (Wildman–Crippen MR) is 85.9 cm³/mol. The number of rotatable bonds is 3. The Kier molecular flexibility index (Phi) is 4.56. The van der Waals surface area contributed by atoms with Gasteiger partial charge in [0.2, 0.25) is 5.88 Å². The summed E-state index contributed by atoms with van der Waals surface area (Å²) in [6.45, 7) is 0.137. The second-order valence-corrected chi connectivity index (χ2v) is 5.37. The van der Waals surface area contributed by atoms with E-state index in [0.29, 0.717) is 5.69 Å². The fourth-order valence-corrected chi connectivity index (χ4v) is 2.48. The van der Waals surface area contributed by atoms with E-state index in [0.717, 1.165) is 5.56 Å². The van der Waals surface area contributed by atoms with Crippen LogP contribution in [0.2, 0.25) is 0 Å². The van der Waals surface area contributed by atoms with Gasteiger partial charge in [-0.1, -0.05) is 36.4 Å². The summed E-state index contributed by atoms with van der Waals surface area (Å²) in [6.07, 6.45) is 2.25. The number of ether oxygens (including phenoxy) is 1. The number of pyridine rings is 1. The van der Waals surface area contributed by atoms with Crippen molar-refractivity contribution in [3.05, 3.63) is 72.1 Å². The lowest BCUT2D eigenvalue weighted by molar-refractivity contribution is -0.116. The first-order valence-electron chi connectivity index (χ1n) is 7.49. The molecule has 0 aliphatic carbocycles. The minimum absolute atomic E-state index is 0.0907. The van der Waals surface area contributed by atoms with E-state index < -0.39 is 12.1 Å². The minimum atomic E-state index is -0.599. The van der Waals surface area contributed by atoms with Gasteiger partial charge in [-0.2, -0.15) is 0 Å². The van der Waals surface area contributed by atoms with E-state index in [2.05, 4.69) is 4.98 Å². The highest BCUT2D eigenvalue weighted by atomic mass is 16.6. The van der Waals surface area contributed by atoms with Crippen LogP contribution in [0.1, 0.15) is 23.7 Å². The maximum Gasteiger partial charge on any atom is 0.414 e. The van der Waals surface area contributed by atoms with Gasteiger partial charge < -0.3 is 9.84 Å². The molecule has 0 saturated heterocycles. The third kappa shape index (κ3) is 3.60. The molecule has 1 aromatic carbocycles. The number of amides is 1. The number of aromatic hydroxyl groups is 1. The van der Waals surface area contributed by atoms with Crippen LogP contribution >= 0.6 is 0 Å². The number of allylic oxidation sites excluding steroid dienone is 1. The van der Waals surface area contributed by atoms with Gasteiger partial charge in [0.05, 0.1) is 11.7 Å². The maximum absolute atomic E-state index is 12.4. The quantitative estimate of drug-likeness (QED) is 0.939. The van der Waals surface area contributed by atoms with E-state index in [9.17, 15) is 14.7 Å². The van der Waals surface area contributed by atoms with Gasteiger partial charge in [-0.25, -0.2) is 9.78 Å². The van der Waals surface area contributed by atoms with Crippen molar-refractivity contribution in [2.75, 3.05) is 0 Å². The summed E-state index contributed by atoms with van der Waals surface area (Å²) < 4.78 is 5.32. The molecule has 1 aliphatic rings. The summed E-state index contributed by atoms with van der Waals surface area (Å²) in [7, 11) is 0. The fraction of sp³-hybridized carbons (Fsp3) is 0.167. The van der Waals surface area contributed by atoms with Crippen LogP contribution in [0.3, 0.4) is 0 Å². The molecule has 0 bridgehead atoms. The molecule has 0 radical (unpaired) electrons. The van der Waals surface area contributed by atoms with Crippen LogP contribution in [-0.2, 0) is 16.1 Å². The number of hydrogen-bond acceptors (Lipinski definition) is 5. The zero-order valence-corrected chi connectivity index (χ0v) is 12.8. The molecule has 6 nitrogen and oxygen atoms in total. The molecule has 1 atom stereocenters. The molecule has 1 aromatic heterocycles.